The van der Waals surface area contributed by atoms with Crippen molar-refractivity contribution in [2.45, 2.75) is 12.3 Å². The topological polar surface area (TPSA) is 53.1 Å². The van der Waals surface area contributed by atoms with Crippen LogP contribution in [0.25, 0.3) is 105 Å². The van der Waals surface area contributed by atoms with E-state index in [-0.39, 0.29) is 5.92 Å². The zero-order valence-electron chi connectivity index (χ0n) is 33.9. The number of hydrogen-bond acceptors (Lipinski definition) is 4. The maximum atomic E-state index is 6.55. The third-order valence-corrected chi connectivity index (χ3v) is 13.4. The van der Waals surface area contributed by atoms with Gasteiger partial charge in [-0.25, -0.2) is 9.97 Å². The van der Waals surface area contributed by atoms with Crippen LogP contribution in [0, 0.1) is 0 Å². The molecule has 0 saturated carbocycles. The number of benzene rings is 9. The molecule has 0 radical (unpaired) electrons. The fourth-order valence-electron chi connectivity index (χ4n) is 10.5. The predicted molar refractivity (Wildman–Crippen MR) is 255 cm³/mol. The van der Waals surface area contributed by atoms with Crippen molar-refractivity contribution in [2.75, 3.05) is 0 Å². The maximum absolute atomic E-state index is 6.55. The van der Waals surface area contributed by atoms with E-state index in [1.54, 1.807) is 0 Å². The van der Waals surface area contributed by atoms with Gasteiger partial charge in [-0.15, -0.1) is 0 Å². The Labute approximate surface area is 362 Å². The molecule has 2 aliphatic rings. The van der Waals surface area contributed by atoms with Crippen LogP contribution in [0.3, 0.4) is 0 Å². The summed E-state index contributed by atoms with van der Waals surface area (Å²) in [5, 5.41) is 5.78. The van der Waals surface area contributed by atoms with Crippen LogP contribution in [0.5, 0.6) is 11.5 Å². The Morgan fingerprint density at radius 2 is 1.21 bits per heavy atom. The molecular weight excluding hydrogens is 771 g/mol. The van der Waals surface area contributed by atoms with Gasteiger partial charge in [0.25, 0.3) is 0 Å². The highest BCUT2D eigenvalue weighted by atomic mass is 16.5. The van der Waals surface area contributed by atoms with Gasteiger partial charge in [-0.3, -0.25) is 0 Å². The van der Waals surface area contributed by atoms with E-state index in [0.717, 1.165) is 73.7 Å². The minimum Gasteiger partial charge on any atom is -0.456 e. The average Bonchev–Trinajstić information content (AvgIpc) is 3.89. The van der Waals surface area contributed by atoms with Crippen molar-refractivity contribution in [3.05, 3.63) is 211 Å². The Hall–Kier alpha value is -8.28. The summed E-state index contributed by atoms with van der Waals surface area (Å²) in [7, 11) is 0. The third-order valence-electron chi connectivity index (χ3n) is 13.4. The van der Waals surface area contributed by atoms with Crippen LogP contribution in [-0.2, 0) is 6.42 Å². The molecule has 1 aliphatic carbocycles. The predicted octanol–water partition coefficient (Wildman–Crippen LogP) is 15.1. The second-order valence-electron chi connectivity index (χ2n) is 16.8. The molecule has 0 spiro atoms. The van der Waals surface area contributed by atoms with Crippen LogP contribution in [0.15, 0.2) is 199 Å². The lowest BCUT2D eigenvalue weighted by Crippen LogP contribution is -2.16. The van der Waals surface area contributed by atoms with Gasteiger partial charge in [0, 0.05) is 44.3 Å². The van der Waals surface area contributed by atoms with Crippen LogP contribution in [0.4, 0.5) is 0 Å². The van der Waals surface area contributed by atoms with Crippen molar-refractivity contribution in [1.29, 1.82) is 0 Å². The zero-order chi connectivity index (χ0) is 41.2. The summed E-state index contributed by atoms with van der Waals surface area (Å²) < 4.78 is 15.4. The number of rotatable bonds is 4. The second kappa shape index (κ2) is 13.1. The first-order valence-corrected chi connectivity index (χ1v) is 21.6. The molecule has 9 aromatic carbocycles. The van der Waals surface area contributed by atoms with Gasteiger partial charge in [-0.1, -0.05) is 133 Å². The molecule has 12 aromatic rings. The van der Waals surface area contributed by atoms with E-state index in [0.29, 0.717) is 0 Å². The smallest absolute Gasteiger partial charge is 0.180 e. The van der Waals surface area contributed by atoms with Crippen molar-refractivity contribution in [1.82, 2.24) is 14.5 Å². The maximum Gasteiger partial charge on any atom is 0.180 e. The van der Waals surface area contributed by atoms with Crippen molar-refractivity contribution in [2.24, 2.45) is 0 Å². The van der Waals surface area contributed by atoms with E-state index in [1.165, 1.54) is 66.1 Å². The molecule has 14 rings (SSSR count). The highest BCUT2D eigenvalue weighted by Crippen LogP contribution is 2.51. The standard InChI is InChI=1S/C58H35N3O2/c1-3-14-34(15-4-1)55-57-56(42-21-10-12-24-51(42)63-57)60-58(59-55)46-32-37-27-26-35(30-44(37)39-18-7-8-19-40(39)46)36-28-29-48-47(31-36)53-43-22-13-25-52-54(43)45(41-20-9-11-23-50(41)62-52)33-49(53)61(48)38-16-5-2-6-17-38/h1-31,33,46H,32H2. The lowest BCUT2D eigenvalue weighted by molar-refractivity contribution is 0.487. The first-order chi connectivity index (χ1) is 31.2. The van der Waals surface area contributed by atoms with Gasteiger partial charge < -0.3 is 13.7 Å². The van der Waals surface area contributed by atoms with Gasteiger partial charge in [0.1, 0.15) is 34.1 Å². The van der Waals surface area contributed by atoms with Crippen LogP contribution in [-0.4, -0.2) is 14.5 Å². The molecular formula is C58H35N3O2. The van der Waals surface area contributed by atoms with E-state index in [1.807, 2.05) is 30.3 Å². The Kier molecular flexibility index (Phi) is 7.17. The van der Waals surface area contributed by atoms with Gasteiger partial charge in [0.15, 0.2) is 5.58 Å². The van der Waals surface area contributed by atoms with E-state index < -0.39 is 0 Å². The molecule has 0 saturated heterocycles. The Morgan fingerprint density at radius 1 is 0.476 bits per heavy atom. The minimum atomic E-state index is -0.0358. The number of furan rings is 1. The summed E-state index contributed by atoms with van der Waals surface area (Å²) in [5.74, 6) is 2.55. The van der Waals surface area contributed by atoms with E-state index in [2.05, 4.69) is 168 Å². The number of aromatic nitrogens is 3. The number of ether oxygens (including phenoxy) is 1. The molecule has 1 atom stereocenters. The molecule has 0 amide bonds. The molecule has 0 bridgehead atoms. The molecule has 1 unspecified atom stereocenters. The van der Waals surface area contributed by atoms with Gasteiger partial charge in [-0.05, 0) is 111 Å². The fraction of sp³-hybridized carbons (Fsp3) is 0.0345. The molecule has 5 nitrogen and oxygen atoms in total. The summed E-state index contributed by atoms with van der Waals surface area (Å²) in [6, 6.07) is 69.3. The number of fused-ring (bicyclic) bond motifs is 12. The fourth-order valence-corrected chi connectivity index (χ4v) is 10.5. The highest BCUT2D eigenvalue weighted by Gasteiger charge is 2.31. The van der Waals surface area contributed by atoms with Crippen molar-refractivity contribution in [3.8, 4) is 61.8 Å². The molecule has 3 aromatic heterocycles. The summed E-state index contributed by atoms with van der Waals surface area (Å²) in [4.78, 5) is 10.7. The Balaban J connectivity index is 0.938. The van der Waals surface area contributed by atoms with Crippen molar-refractivity contribution in [3.63, 3.8) is 0 Å². The minimum absolute atomic E-state index is 0.0358. The summed E-state index contributed by atoms with van der Waals surface area (Å²) >= 11 is 0. The van der Waals surface area contributed by atoms with Gasteiger partial charge in [0.2, 0.25) is 0 Å². The van der Waals surface area contributed by atoms with Crippen molar-refractivity contribution >= 4 is 54.6 Å². The van der Waals surface area contributed by atoms with Gasteiger partial charge >= 0.3 is 0 Å². The molecule has 0 fully saturated rings. The highest BCUT2D eigenvalue weighted by molar-refractivity contribution is 6.26. The summed E-state index contributed by atoms with van der Waals surface area (Å²) in [6.07, 6.45) is 0.785. The normalized spacial score (nSPS) is 13.9. The number of para-hydroxylation sites is 3. The van der Waals surface area contributed by atoms with Gasteiger partial charge in [0.05, 0.1) is 11.0 Å². The largest absolute Gasteiger partial charge is 0.456 e. The summed E-state index contributed by atoms with van der Waals surface area (Å²) in [6.45, 7) is 0. The molecule has 4 heterocycles. The van der Waals surface area contributed by atoms with Crippen LogP contribution in [0.1, 0.15) is 22.9 Å². The van der Waals surface area contributed by atoms with Gasteiger partial charge in [-0.2, -0.15) is 0 Å². The Bertz CT molecular complexity index is 3860. The summed E-state index contributed by atoms with van der Waals surface area (Å²) in [5.41, 5.74) is 17.4. The molecule has 63 heavy (non-hydrogen) atoms. The molecule has 5 heteroatoms. The monoisotopic (exact) mass is 805 g/mol. The number of hydrogen-bond donors (Lipinski definition) is 0. The SMILES string of the molecule is c1ccc(-c2nc(C3Cc4ccc(-c5ccc6c(c5)c5c7cccc8c7c(cc5n6-c5ccccc5)-c5ccccc5O8)cc4-c4ccccc43)nc3c2oc2ccccc23)cc1. The molecule has 294 valence electrons. The van der Waals surface area contributed by atoms with Crippen LogP contribution < -0.4 is 4.74 Å². The quantitative estimate of drug-likeness (QED) is 0.178. The average molecular weight is 806 g/mol. The number of nitrogens with zero attached hydrogens (tertiary/aromatic N) is 3. The third kappa shape index (κ3) is 5.05. The zero-order valence-corrected chi connectivity index (χ0v) is 33.9. The lowest BCUT2D eigenvalue weighted by Gasteiger charge is -2.28. The van der Waals surface area contributed by atoms with Crippen LogP contribution in [0.2, 0.25) is 0 Å². The molecule has 0 N–H and O–H groups in total. The Morgan fingerprint density at radius 3 is 2.11 bits per heavy atom. The first kappa shape index (κ1) is 34.4. The first-order valence-electron chi connectivity index (χ1n) is 21.6. The van der Waals surface area contributed by atoms with E-state index in [9.17, 15) is 0 Å². The van der Waals surface area contributed by atoms with Crippen molar-refractivity contribution < 1.29 is 9.15 Å². The lowest BCUT2D eigenvalue weighted by atomic mass is 9.77. The van der Waals surface area contributed by atoms with E-state index >= 15 is 0 Å². The second-order valence-corrected chi connectivity index (χ2v) is 16.8. The molecule has 1 aliphatic heterocycles. The van der Waals surface area contributed by atoms with E-state index in [4.69, 9.17) is 19.1 Å². The van der Waals surface area contributed by atoms with Crippen LogP contribution >= 0.6 is 0 Å².